The molecule has 4 heteroatoms. The smallest absolute Gasteiger partial charge is 0.123 e. The molecule has 0 atom stereocenters. The monoisotopic (exact) mass is 216 g/mol. The first-order valence-electron chi connectivity index (χ1n) is 5.23. The summed E-state index contributed by atoms with van der Waals surface area (Å²) in [6.07, 6.45) is 5.46. The minimum atomic E-state index is 0.00716. The number of aromatic nitrogens is 3. The summed E-state index contributed by atoms with van der Waals surface area (Å²) in [5.74, 6) is 0.533. The van der Waals surface area contributed by atoms with Crippen LogP contribution in [0.4, 0.5) is 5.82 Å². The Morgan fingerprint density at radius 1 is 1.19 bits per heavy atom. The van der Waals surface area contributed by atoms with Crippen molar-refractivity contribution in [2.24, 2.45) is 0 Å². The molecule has 16 heavy (non-hydrogen) atoms. The van der Waals surface area contributed by atoms with Gasteiger partial charge < -0.3 is 10.3 Å². The molecule has 2 aromatic rings. The van der Waals surface area contributed by atoms with E-state index in [1.807, 2.05) is 18.6 Å². The van der Waals surface area contributed by atoms with E-state index in [-0.39, 0.29) is 5.54 Å². The predicted molar refractivity (Wildman–Crippen MR) is 64.9 cm³/mol. The largest absolute Gasteiger partial charge is 0.384 e. The lowest BCUT2D eigenvalue weighted by Crippen LogP contribution is -2.21. The van der Waals surface area contributed by atoms with Gasteiger partial charge in [0.05, 0.1) is 18.2 Å². The van der Waals surface area contributed by atoms with Crippen LogP contribution in [0.3, 0.4) is 0 Å². The molecule has 0 aliphatic carbocycles. The summed E-state index contributed by atoms with van der Waals surface area (Å²) in [6.45, 7) is 6.43. The molecule has 0 spiro atoms. The Hall–Kier alpha value is -1.84. The van der Waals surface area contributed by atoms with Crippen LogP contribution in [-0.2, 0) is 5.54 Å². The number of hydrogen-bond acceptors (Lipinski definition) is 3. The lowest BCUT2D eigenvalue weighted by molar-refractivity contribution is 0.400. The molecule has 0 saturated heterocycles. The highest BCUT2D eigenvalue weighted by Crippen LogP contribution is 2.25. The van der Waals surface area contributed by atoms with E-state index in [9.17, 15) is 0 Å². The normalized spacial score (nSPS) is 11.7. The van der Waals surface area contributed by atoms with Gasteiger partial charge in [-0.2, -0.15) is 0 Å². The summed E-state index contributed by atoms with van der Waals surface area (Å²) >= 11 is 0. The van der Waals surface area contributed by atoms with Crippen LogP contribution in [0.5, 0.6) is 0 Å². The number of rotatable bonds is 1. The van der Waals surface area contributed by atoms with E-state index in [0.717, 1.165) is 11.3 Å². The highest BCUT2D eigenvalue weighted by molar-refractivity contribution is 5.59. The molecular formula is C12H16N4. The second-order valence-corrected chi connectivity index (χ2v) is 4.79. The molecule has 0 bridgehead atoms. The molecule has 0 radical (unpaired) electrons. The quantitative estimate of drug-likeness (QED) is 0.795. The van der Waals surface area contributed by atoms with Crippen LogP contribution in [-0.4, -0.2) is 14.5 Å². The van der Waals surface area contributed by atoms with Gasteiger partial charge in [-0.1, -0.05) is 0 Å². The van der Waals surface area contributed by atoms with Gasteiger partial charge in [-0.15, -0.1) is 0 Å². The zero-order valence-corrected chi connectivity index (χ0v) is 9.81. The van der Waals surface area contributed by atoms with Gasteiger partial charge in [0, 0.05) is 17.3 Å². The lowest BCUT2D eigenvalue weighted by atomic mass is 10.1. The Kier molecular flexibility index (Phi) is 2.42. The van der Waals surface area contributed by atoms with E-state index < -0.39 is 0 Å². The fourth-order valence-corrected chi connectivity index (χ4v) is 1.60. The molecule has 2 N–H and O–H groups in total. The predicted octanol–water partition coefficient (Wildman–Crippen LogP) is 2.28. The maximum Gasteiger partial charge on any atom is 0.123 e. The summed E-state index contributed by atoms with van der Waals surface area (Å²) in [7, 11) is 0. The number of pyridine rings is 1. The highest BCUT2D eigenvalue weighted by atomic mass is 15.1. The van der Waals surface area contributed by atoms with E-state index >= 15 is 0 Å². The third-order valence-corrected chi connectivity index (χ3v) is 2.44. The maximum absolute atomic E-state index is 5.57. The molecule has 0 fully saturated rings. The fourth-order valence-electron chi connectivity index (χ4n) is 1.60. The number of nitrogens with two attached hydrogens (primary N) is 1. The number of anilines is 1. The van der Waals surface area contributed by atoms with Gasteiger partial charge in [0.2, 0.25) is 0 Å². The minimum Gasteiger partial charge on any atom is -0.384 e. The van der Waals surface area contributed by atoms with Gasteiger partial charge in [0.15, 0.2) is 0 Å². The van der Waals surface area contributed by atoms with Crippen molar-refractivity contribution in [3.05, 3.63) is 30.9 Å². The zero-order valence-electron chi connectivity index (χ0n) is 9.81. The van der Waals surface area contributed by atoms with Gasteiger partial charge in [0.1, 0.15) is 5.82 Å². The van der Waals surface area contributed by atoms with Crippen LogP contribution >= 0.6 is 0 Å². The lowest BCUT2D eigenvalue weighted by Gasteiger charge is -2.23. The Labute approximate surface area is 95.1 Å². The number of hydrogen-bond donors (Lipinski definition) is 1. The molecule has 84 valence electrons. The van der Waals surface area contributed by atoms with Crippen molar-refractivity contribution in [1.82, 2.24) is 14.5 Å². The van der Waals surface area contributed by atoms with Crippen LogP contribution in [0.2, 0.25) is 0 Å². The summed E-state index contributed by atoms with van der Waals surface area (Å²) in [6, 6.07) is 3.76. The third kappa shape index (κ3) is 1.91. The SMILES string of the molecule is CC(C)(C)n1cncc1-c1ccc(N)nc1. The Morgan fingerprint density at radius 2 is 1.94 bits per heavy atom. The van der Waals surface area contributed by atoms with Crippen molar-refractivity contribution in [3.8, 4) is 11.3 Å². The average molecular weight is 216 g/mol. The van der Waals surface area contributed by atoms with Crippen molar-refractivity contribution in [2.75, 3.05) is 5.73 Å². The Morgan fingerprint density at radius 3 is 2.50 bits per heavy atom. The average Bonchev–Trinajstić information content (AvgIpc) is 2.66. The number of nitrogen functional groups attached to an aromatic ring is 1. The molecule has 2 rings (SSSR count). The molecular weight excluding hydrogens is 200 g/mol. The first kappa shape index (κ1) is 10.7. The van der Waals surface area contributed by atoms with E-state index in [4.69, 9.17) is 5.73 Å². The molecule has 0 amide bonds. The Balaban J connectivity index is 2.49. The summed E-state index contributed by atoms with van der Waals surface area (Å²) in [5.41, 5.74) is 7.66. The topological polar surface area (TPSA) is 56.7 Å². The van der Waals surface area contributed by atoms with Crippen LogP contribution in [0, 0.1) is 0 Å². The van der Waals surface area contributed by atoms with Crippen LogP contribution in [0.15, 0.2) is 30.9 Å². The second-order valence-electron chi connectivity index (χ2n) is 4.79. The van der Waals surface area contributed by atoms with Crippen molar-refractivity contribution in [3.63, 3.8) is 0 Å². The van der Waals surface area contributed by atoms with Crippen molar-refractivity contribution in [2.45, 2.75) is 26.3 Å². The molecule has 0 aromatic carbocycles. The van der Waals surface area contributed by atoms with Crippen LogP contribution in [0.1, 0.15) is 20.8 Å². The van der Waals surface area contributed by atoms with Gasteiger partial charge in [0.25, 0.3) is 0 Å². The van der Waals surface area contributed by atoms with Crippen molar-refractivity contribution >= 4 is 5.82 Å². The fraction of sp³-hybridized carbons (Fsp3) is 0.333. The summed E-state index contributed by atoms with van der Waals surface area (Å²) in [5, 5.41) is 0. The maximum atomic E-state index is 5.57. The first-order chi connectivity index (χ1) is 7.48. The minimum absolute atomic E-state index is 0.00716. The van der Waals surface area contributed by atoms with Gasteiger partial charge in [-0.3, -0.25) is 0 Å². The molecule has 2 heterocycles. The number of imidazole rings is 1. The third-order valence-electron chi connectivity index (χ3n) is 2.44. The standard InChI is InChI=1S/C12H16N4/c1-12(2,3)16-8-14-7-10(16)9-4-5-11(13)15-6-9/h4-8H,1-3H3,(H2,13,15). The van der Waals surface area contributed by atoms with E-state index in [1.165, 1.54) is 0 Å². The molecule has 0 unspecified atom stereocenters. The van der Waals surface area contributed by atoms with Gasteiger partial charge >= 0.3 is 0 Å². The van der Waals surface area contributed by atoms with Gasteiger partial charge in [-0.25, -0.2) is 9.97 Å². The first-order valence-corrected chi connectivity index (χ1v) is 5.23. The van der Waals surface area contributed by atoms with E-state index in [1.54, 1.807) is 12.3 Å². The Bertz CT molecular complexity index is 476. The van der Waals surface area contributed by atoms with E-state index in [2.05, 4.69) is 35.3 Å². The van der Waals surface area contributed by atoms with Crippen LogP contribution < -0.4 is 5.73 Å². The number of nitrogens with zero attached hydrogens (tertiary/aromatic N) is 3. The molecule has 0 aliphatic heterocycles. The molecule has 0 aliphatic rings. The van der Waals surface area contributed by atoms with Crippen molar-refractivity contribution in [1.29, 1.82) is 0 Å². The summed E-state index contributed by atoms with van der Waals surface area (Å²) in [4.78, 5) is 8.29. The highest BCUT2D eigenvalue weighted by Gasteiger charge is 2.17. The van der Waals surface area contributed by atoms with Gasteiger partial charge in [-0.05, 0) is 32.9 Å². The van der Waals surface area contributed by atoms with Crippen molar-refractivity contribution < 1.29 is 0 Å². The second kappa shape index (κ2) is 3.63. The zero-order chi connectivity index (χ0) is 11.8. The van der Waals surface area contributed by atoms with Crippen LogP contribution in [0.25, 0.3) is 11.3 Å². The molecule has 0 saturated carbocycles. The molecule has 2 aromatic heterocycles. The van der Waals surface area contributed by atoms with E-state index in [0.29, 0.717) is 5.82 Å². The summed E-state index contributed by atoms with van der Waals surface area (Å²) < 4.78 is 2.13. The molecule has 4 nitrogen and oxygen atoms in total.